The first-order valence-electron chi connectivity index (χ1n) is 8.07. The fourth-order valence-electron chi connectivity index (χ4n) is 3.14. The third kappa shape index (κ3) is 2.68. The van der Waals surface area contributed by atoms with Crippen LogP contribution >= 0.6 is 0 Å². The zero-order chi connectivity index (χ0) is 15.6. The Morgan fingerprint density at radius 3 is 3.04 bits per heavy atom. The van der Waals surface area contributed by atoms with Gasteiger partial charge in [-0.05, 0) is 44.0 Å². The number of aromatic nitrogens is 3. The molecule has 5 heteroatoms. The van der Waals surface area contributed by atoms with Gasteiger partial charge in [-0.25, -0.2) is 4.98 Å². The van der Waals surface area contributed by atoms with E-state index in [1.165, 1.54) is 0 Å². The van der Waals surface area contributed by atoms with E-state index < -0.39 is 0 Å². The van der Waals surface area contributed by atoms with Gasteiger partial charge in [0.2, 0.25) is 0 Å². The number of anilines is 1. The monoisotopic (exact) mass is 308 g/mol. The molecular weight excluding hydrogens is 288 g/mol. The van der Waals surface area contributed by atoms with E-state index in [-0.39, 0.29) is 6.10 Å². The fourth-order valence-corrected chi connectivity index (χ4v) is 3.14. The van der Waals surface area contributed by atoms with Crippen molar-refractivity contribution >= 4 is 11.5 Å². The van der Waals surface area contributed by atoms with E-state index in [1.807, 2.05) is 30.5 Å². The molecule has 23 heavy (non-hydrogen) atoms. The number of hydrogen-bond acceptors (Lipinski definition) is 4. The summed E-state index contributed by atoms with van der Waals surface area (Å²) in [7, 11) is 0. The van der Waals surface area contributed by atoms with Crippen LogP contribution in [0.25, 0.3) is 16.9 Å². The molecule has 1 saturated heterocycles. The number of imidazole rings is 1. The van der Waals surface area contributed by atoms with Gasteiger partial charge in [0.15, 0.2) is 0 Å². The predicted molar refractivity (Wildman–Crippen MR) is 90.6 cm³/mol. The van der Waals surface area contributed by atoms with Crippen LogP contribution in [-0.2, 0) is 4.74 Å². The first-order chi connectivity index (χ1) is 11.3. The van der Waals surface area contributed by atoms with Crippen molar-refractivity contribution in [3.05, 3.63) is 48.4 Å². The summed E-state index contributed by atoms with van der Waals surface area (Å²) < 4.78 is 7.90. The van der Waals surface area contributed by atoms with Crippen LogP contribution < -0.4 is 5.32 Å². The average Bonchev–Trinajstić information content (AvgIpc) is 3.22. The second-order valence-corrected chi connectivity index (χ2v) is 5.93. The highest BCUT2D eigenvalue weighted by Gasteiger charge is 2.19. The van der Waals surface area contributed by atoms with Gasteiger partial charge >= 0.3 is 0 Å². The van der Waals surface area contributed by atoms with E-state index in [0.29, 0.717) is 0 Å². The molecule has 0 aliphatic carbocycles. The smallest absolute Gasteiger partial charge is 0.139 e. The summed E-state index contributed by atoms with van der Waals surface area (Å²) in [5.41, 5.74) is 4.05. The van der Waals surface area contributed by atoms with Gasteiger partial charge in [-0.15, -0.1) is 0 Å². The summed E-state index contributed by atoms with van der Waals surface area (Å²) in [5, 5.41) is 3.57. The number of fused-ring (bicyclic) bond motifs is 1. The quantitative estimate of drug-likeness (QED) is 0.803. The number of nitrogens with one attached hydrogen (secondary N) is 1. The highest BCUT2D eigenvalue weighted by Crippen LogP contribution is 2.29. The van der Waals surface area contributed by atoms with Crippen LogP contribution in [0.4, 0.5) is 5.82 Å². The Balaban J connectivity index is 1.78. The molecule has 5 nitrogen and oxygen atoms in total. The first kappa shape index (κ1) is 14.2. The summed E-state index contributed by atoms with van der Waals surface area (Å²) in [6, 6.07) is 10.1. The molecule has 0 amide bonds. The summed E-state index contributed by atoms with van der Waals surface area (Å²) in [5.74, 6) is 1.02. The molecule has 1 atom stereocenters. The van der Waals surface area contributed by atoms with Crippen molar-refractivity contribution in [2.45, 2.75) is 25.9 Å². The largest absolute Gasteiger partial charge is 0.376 e. The minimum absolute atomic E-state index is 0.284. The molecule has 0 radical (unpaired) electrons. The number of aryl methyl sites for hydroxylation is 1. The Kier molecular flexibility index (Phi) is 3.71. The molecule has 0 bridgehead atoms. The standard InChI is InChI=1S/C18H20N4O/c1-13-5-2-8-16-21-17(14-6-3-9-19-11-14)18(22(13)16)20-12-15-7-4-10-23-15/h2-3,5-6,8-9,11,15,20H,4,7,10,12H2,1H3. The molecule has 1 aliphatic rings. The number of ether oxygens (including phenoxy) is 1. The molecule has 1 N–H and O–H groups in total. The lowest BCUT2D eigenvalue weighted by atomic mass is 10.2. The lowest BCUT2D eigenvalue weighted by Gasteiger charge is -2.14. The molecule has 1 aliphatic heterocycles. The topological polar surface area (TPSA) is 51.5 Å². The molecule has 4 heterocycles. The lowest BCUT2D eigenvalue weighted by Crippen LogP contribution is -2.19. The minimum atomic E-state index is 0.284. The minimum Gasteiger partial charge on any atom is -0.376 e. The van der Waals surface area contributed by atoms with E-state index in [2.05, 4.69) is 27.7 Å². The van der Waals surface area contributed by atoms with Crippen LogP contribution in [-0.4, -0.2) is 33.6 Å². The van der Waals surface area contributed by atoms with Crippen molar-refractivity contribution in [2.75, 3.05) is 18.5 Å². The zero-order valence-electron chi connectivity index (χ0n) is 13.2. The maximum absolute atomic E-state index is 5.73. The SMILES string of the molecule is Cc1cccc2nc(-c3cccnc3)c(NCC3CCCO3)n12. The van der Waals surface area contributed by atoms with Gasteiger partial charge in [0.25, 0.3) is 0 Å². The zero-order valence-corrected chi connectivity index (χ0v) is 13.2. The summed E-state index contributed by atoms with van der Waals surface area (Å²) in [6.07, 6.45) is 6.18. The van der Waals surface area contributed by atoms with Crippen molar-refractivity contribution < 1.29 is 4.74 Å². The van der Waals surface area contributed by atoms with Crippen molar-refractivity contribution in [3.8, 4) is 11.3 Å². The Morgan fingerprint density at radius 2 is 2.26 bits per heavy atom. The third-order valence-corrected chi connectivity index (χ3v) is 4.29. The van der Waals surface area contributed by atoms with Crippen LogP contribution in [0.1, 0.15) is 18.5 Å². The van der Waals surface area contributed by atoms with Crippen LogP contribution in [0.2, 0.25) is 0 Å². The van der Waals surface area contributed by atoms with Crippen LogP contribution in [0, 0.1) is 6.92 Å². The van der Waals surface area contributed by atoms with E-state index in [9.17, 15) is 0 Å². The molecule has 3 aromatic rings. The van der Waals surface area contributed by atoms with Gasteiger partial charge in [-0.2, -0.15) is 0 Å². The predicted octanol–water partition coefficient (Wildman–Crippen LogP) is 3.30. The van der Waals surface area contributed by atoms with E-state index in [4.69, 9.17) is 9.72 Å². The average molecular weight is 308 g/mol. The summed E-state index contributed by atoms with van der Waals surface area (Å²) in [4.78, 5) is 9.04. The molecule has 0 aromatic carbocycles. The number of hydrogen-bond donors (Lipinski definition) is 1. The summed E-state index contributed by atoms with van der Waals surface area (Å²) in [6.45, 7) is 3.77. The highest BCUT2D eigenvalue weighted by atomic mass is 16.5. The normalized spacial score (nSPS) is 17.7. The van der Waals surface area contributed by atoms with Crippen LogP contribution in [0.3, 0.4) is 0 Å². The number of pyridine rings is 2. The molecular formula is C18H20N4O. The molecule has 0 saturated carbocycles. The molecule has 0 spiro atoms. The fraction of sp³-hybridized carbons (Fsp3) is 0.333. The Bertz CT molecular complexity index is 807. The van der Waals surface area contributed by atoms with Gasteiger partial charge in [-0.1, -0.05) is 6.07 Å². The number of nitrogens with zero attached hydrogens (tertiary/aromatic N) is 3. The Hall–Kier alpha value is -2.40. The maximum atomic E-state index is 5.73. The first-order valence-corrected chi connectivity index (χ1v) is 8.07. The van der Waals surface area contributed by atoms with E-state index in [0.717, 1.165) is 54.4 Å². The van der Waals surface area contributed by atoms with Crippen molar-refractivity contribution in [1.82, 2.24) is 14.4 Å². The Morgan fingerprint density at radius 1 is 1.30 bits per heavy atom. The Labute approximate surface area is 135 Å². The molecule has 1 unspecified atom stereocenters. The second kappa shape index (κ2) is 6.01. The molecule has 4 rings (SSSR count). The molecule has 3 aromatic heterocycles. The third-order valence-electron chi connectivity index (χ3n) is 4.29. The second-order valence-electron chi connectivity index (χ2n) is 5.93. The van der Waals surface area contributed by atoms with Crippen molar-refractivity contribution in [1.29, 1.82) is 0 Å². The van der Waals surface area contributed by atoms with Crippen LogP contribution in [0.5, 0.6) is 0 Å². The summed E-state index contributed by atoms with van der Waals surface area (Å²) >= 11 is 0. The van der Waals surface area contributed by atoms with Gasteiger partial charge in [0.05, 0.1) is 6.10 Å². The van der Waals surface area contributed by atoms with Gasteiger partial charge in [0, 0.05) is 36.8 Å². The van der Waals surface area contributed by atoms with Gasteiger partial charge < -0.3 is 10.1 Å². The molecule has 1 fully saturated rings. The number of rotatable bonds is 4. The lowest BCUT2D eigenvalue weighted by molar-refractivity contribution is 0.120. The molecule has 118 valence electrons. The highest BCUT2D eigenvalue weighted by molar-refractivity contribution is 5.76. The van der Waals surface area contributed by atoms with Crippen molar-refractivity contribution in [2.24, 2.45) is 0 Å². The van der Waals surface area contributed by atoms with Crippen LogP contribution in [0.15, 0.2) is 42.7 Å². The van der Waals surface area contributed by atoms with Gasteiger partial charge in [0.1, 0.15) is 17.2 Å². The van der Waals surface area contributed by atoms with Crippen molar-refractivity contribution in [3.63, 3.8) is 0 Å². The maximum Gasteiger partial charge on any atom is 0.139 e. The van der Waals surface area contributed by atoms with E-state index >= 15 is 0 Å². The van der Waals surface area contributed by atoms with Gasteiger partial charge in [-0.3, -0.25) is 9.38 Å². The van der Waals surface area contributed by atoms with E-state index in [1.54, 1.807) is 6.20 Å².